The van der Waals surface area contributed by atoms with Crippen molar-refractivity contribution in [2.24, 2.45) is 7.05 Å². The van der Waals surface area contributed by atoms with Crippen LogP contribution in [0.4, 0.5) is 0 Å². The lowest BCUT2D eigenvalue weighted by molar-refractivity contribution is -0.135. The van der Waals surface area contributed by atoms with Crippen LogP contribution in [0.1, 0.15) is 41.8 Å². The van der Waals surface area contributed by atoms with Gasteiger partial charge in [0.05, 0.1) is 24.5 Å². The van der Waals surface area contributed by atoms with Crippen molar-refractivity contribution in [1.82, 2.24) is 14.7 Å². The van der Waals surface area contributed by atoms with Gasteiger partial charge in [-0.2, -0.15) is 5.10 Å². The second-order valence-corrected chi connectivity index (χ2v) is 6.62. The zero-order chi connectivity index (χ0) is 17.8. The smallest absolute Gasteiger partial charge is 0.223 e. The number of amides is 1. The topological polar surface area (TPSA) is 47.4 Å². The van der Waals surface area contributed by atoms with Crippen molar-refractivity contribution in [2.75, 3.05) is 19.8 Å². The van der Waals surface area contributed by atoms with E-state index >= 15 is 0 Å². The Kier molecular flexibility index (Phi) is 5.53. The minimum atomic E-state index is -0.0411. The zero-order valence-corrected chi connectivity index (χ0v) is 15.4. The molecule has 0 saturated heterocycles. The van der Waals surface area contributed by atoms with E-state index < -0.39 is 0 Å². The van der Waals surface area contributed by atoms with Crippen LogP contribution in [0, 0.1) is 6.92 Å². The second-order valence-electron chi connectivity index (χ2n) is 6.62. The van der Waals surface area contributed by atoms with Gasteiger partial charge >= 0.3 is 0 Å². The molecular formula is C20H27N3O2. The first-order valence-electron chi connectivity index (χ1n) is 9.04. The molecule has 0 saturated carbocycles. The normalized spacial score (nSPS) is 16.8. The van der Waals surface area contributed by atoms with E-state index in [9.17, 15) is 4.79 Å². The van der Waals surface area contributed by atoms with Crippen molar-refractivity contribution in [3.8, 4) is 0 Å². The Morgan fingerprint density at radius 1 is 1.36 bits per heavy atom. The molecule has 2 heterocycles. The fourth-order valence-corrected chi connectivity index (χ4v) is 3.63. The number of aromatic nitrogens is 2. The van der Waals surface area contributed by atoms with Crippen LogP contribution in [0.3, 0.4) is 0 Å². The van der Waals surface area contributed by atoms with Crippen molar-refractivity contribution in [2.45, 2.75) is 39.2 Å². The molecule has 5 nitrogen and oxygen atoms in total. The molecule has 1 unspecified atom stereocenters. The molecule has 0 spiro atoms. The lowest BCUT2D eigenvalue weighted by Crippen LogP contribution is -2.42. The van der Waals surface area contributed by atoms with E-state index in [4.69, 9.17) is 4.74 Å². The molecule has 0 radical (unpaired) electrons. The van der Waals surface area contributed by atoms with Crippen LogP contribution in [-0.4, -0.2) is 40.3 Å². The Labute approximate surface area is 149 Å². The molecule has 3 rings (SSSR count). The molecule has 1 aliphatic rings. The second kappa shape index (κ2) is 7.83. The van der Waals surface area contributed by atoms with Crippen LogP contribution in [0.25, 0.3) is 0 Å². The summed E-state index contributed by atoms with van der Waals surface area (Å²) in [7, 11) is 1.94. The highest BCUT2D eigenvalue weighted by atomic mass is 16.5. The lowest BCUT2D eigenvalue weighted by Gasteiger charge is -2.36. The molecule has 0 bridgehead atoms. The molecule has 0 N–H and O–H groups in total. The maximum Gasteiger partial charge on any atom is 0.223 e. The Balaban J connectivity index is 1.74. The average Bonchev–Trinajstić information content (AvgIpc) is 3.00. The van der Waals surface area contributed by atoms with Crippen molar-refractivity contribution >= 4 is 5.91 Å². The third-order valence-corrected chi connectivity index (χ3v) is 5.05. The first-order valence-corrected chi connectivity index (χ1v) is 9.04. The summed E-state index contributed by atoms with van der Waals surface area (Å²) in [5.41, 5.74) is 4.84. The van der Waals surface area contributed by atoms with Crippen molar-refractivity contribution in [1.29, 1.82) is 0 Å². The number of hydrogen-bond acceptors (Lipinski definition) is 3. The van der Waals surface area contributed by atoms with Crippen LogP contribution in [0.5, 0.6) is 0 Å². The number of carbonyl (C=O) groups is 1. The van der Waals surface area contributed by atoms with Gasteiger partial charge in [-0.1, -0.05) is 24.3 Å². The van der Waals surface area contributed by atoms with Crippen molar-refractivity contribution in [3.63, 3.8) is 0 Å². The van der Waals surface area contributed by atoms with E-state index in [-0.39, 0.29) is 11.9 Å². The Morgan fingerprint density at radius 2 is 2.16 bits per heavy atom. The molecular weight excluding hydrogens is 314 g/mol. The third kappa shape index (κ3) is 3.76. The highest BCUT2D eigenvalue weighted by molar-refractivity contribution is 5.77. The van der Waals surface area contributed by atoms with Gasteiger partial charge in [0.15, 0.2) is 0 Å². The lowest BCUT2D eigenvalue weighted by atomic mass is 9.98. The molecule has 134 valence electrons. The Bertz CT molecular complexity index is 738. The molecule has 1 aliphatic heterocycles. The summed E-state index contributed by atoms with van der Waals surface area (Å²) in [5, 5.41) is 4.38. The van der Waals surface area contributed by atoms with Crippen molar-refractivity contribution < 1.29 is 9.53 Å². The predicted molar refractivity (Wildman–Crippen MR) is 97.4 cm³/mol. The first kappa shape index (κ1) is 17.7. The molecule has 1 atom stereocenters. The summed E-state index contributed by atoms with van der Waals surface area (Å²) >= 11 is 0. The number of hydrogen-bond donors (Lipinski definition) is 0. The summed E-state index contributed by atoms with van der Waals surface area (Å²) < 4.78 is 7.57. The van der Waals surface area contributed by atoms with Crippen LogP contribution in [0.15, 0.2) is 30.5 Å². The summed E-state index contributed by atoms with van der Waals surface area (Å²) in [6.07, 6.45) is 4.09. The van der Waals surface area contributed by atoms with E-state index in [0.717, 1.165) is 25.1 Å². The molecule has 5 heteroatoms. The number of fused-ring (bicyclic) bond motifs is 1. The van der Waals surface area contributed by atoms with Gasteiger partial charge in [-0.3, -0.25) is 9.48 Å². The third-order valence-electron chi connectivity index (χ3n) is 5.05. The summed E-state index contributed by atoms with van der Waals surface area (Å²) in [6, 6.07) is 8.23. The Hall–Kier alpha value is -2.14. The van der Waals surface area contributed by atoms with Gasteiger partial charge in [0, 0.05) is 26.6 Å². The predicted octanol–water partition coefficient (Wildman–Crippen LogP) is 2.82. The molecule has 2 aromatic rings. The Morgan fingerprint density at radius 3 is 2.92 bits per heavy atom. The average molecular weight is 341 g/mol. The number of benzene rings is 1. The van der Waals surface area contributed by atoms with Gasteiger partial charge in [0.1, 0.15) is 0 Å². The monoisotopic (exact) mass is 341 g/mol. The molecule has 0 aliphatic carbocycles. The first-order chi connectivity index (χ1) is 12.1. The maximum absolute atomic E-state index is 12.9. The minimum Gasteiger partial charge on any atom is -0.379 e. The largest absolute Gasteiger partial charge is 0.379 e. The van der Waals surface area contributed by atoms with Gasteiger partial charge in [-0.05, 0) is 43.4 Å². The molecule has 1 amide bonds. The minimum absolute atomic E-state index is 0.0411. The van der Waals surface area contributed by atoms with Crippen molar-refractivity contribution in [3.05, 3.63) is 52.8 Å². The van der Waals surface area contributed by atoms with E-state index in [2.05, 4.69) is 24.2 Å². The molecule has 25 heavy (non-hydrogen) atoms. The molecule has 1 aromatic carbocycles. The SMILES string of the molecule is CCOCC1c2c(cnn2C)CCN1C(=O)CCc1ccccc1C. The fourth-order valence-electron chi connectivity index (χ4n) is 3.63. The summed E-state index contributed by atoms with van der Waals surface area (Å²) in [4.78, 5) is 14.9. The fraction of sp³-hybridized carbons (Fsp3) is 0.500. The van der Waals surface area contributed by atoms with E-state index in [1.807, 2.05) is 41.9 Å². The van der Waals surface area contributed by atoms with Crippen LogP contribution in [0.2, 0.25) is 0 Å². The van der Waals surface area contributed by atoms with Gasteiger partial charge in [-0.25, -0.2) is 0 Å². The highest BCUT2D eigenvalue weighted by Gasteiger charge is 2.33. The summed E-state index contributed by atoms with van der Waals surface area (Å²) in [6.45, 7) is 5.99. The standard InChI is InChI=1S/C20H27N3O2/c1-4-25-14-18-20-17(13-21-22(20)3)11-12-23(18)19(24)10-9-16-8-6-5-7-15(16)2/h5-8,13,18H,4,9-12,14H2,1-3H3. The molecule has 1 aromatic heterocycles. The number of ether oxygens (including phenoxy) is 1. The number of aryl methyl sites for hydroxylation is 3. The van der Waals surface area contributed by atoms with Crippen LogP contribution < -0.4 is 0 Å². The van der Waals surface area contributed by atoms with E-state index in [1.165, 1.54) is 16.7 Å². The van der Waals surface area contributed by atoms with E-state index in [0.29, 0.717) is 19.6 Å². The summed E-state index contributed by atoms with van der Waals surface area (Å²) in [5.74, 6) is 0.194. The van der Waals surface area contributed by atoms with Gasteiger partial charge in [0.25, 0.3) is 0 Å². The van der Waals surface area contributed by atoms with Crippen LogP contribution >= 0.6 is 0 Å². The maximum atomic E-state index is 12.9. The number of carbonyl (C=O) groups excluding carboxylic acids is 1. The molecule has 0 fully saturated rings. The zero-order valence-electron chi connectivity index (χ0n) is 15.4. The van der Waals surface area contributed by atoms with Crippen LogP contribution in [-0.2, 0) is 29.4 Å². The number of rotatable bonds is 6. The highest BCUT2D eigenvalue weighted by Crippen LogP contribution is 2.30. The van der Waals surface area contributed by atoms with Gasteiger partial charge in [0.2, 0.25) is 5.91 Å². The van der Waals surface area contributed by atoms with Gasteiger partial charge in [-0.15, -0.1) is 0 Å². The number of nitrogens with zero attached hydrogens (tertiary/aromatic N) is 3. The van der Waals surface area contributed by atoms with E-state index in [1.54, 1.807) is 0 Å². The quantitative estimate of drug-likeness (QED) is 0.812. The van der Waals surface area contributed by atoms with Gasteiger partial charge < -0.3 is 9.64 Å².